The van der Waals surface area contributed by atoms with E-state index in [1.165, 1.54) is 0 Å². The van der Waals surface area contributed by atoms with Crippen molar-refractivity contribution in [2.75, 3.05) is 48.6 Å². The minimum absolute atomic E-state index is 0.0462. The summed E-state index contributed by atoms with van der Waals surface area (Å²) in [5.41, 5.74) is 7.10. The van der Waals surface area contributed by atoms with E-state index in [4.69, 9.17) is 20.4 Å². The van der Waals surface area contributed by atoms with Crippen molar-refractivity contribution >= 4 is 43.2 Å². The highest BCUT2D eigenvalue weighted by molar-refractivity contribution is 7.91. The molecule has 3 N–H and O–H groups in total. The first-order chi connectivity index (χ1) is 15.3. The zero-order valence-corrected chi connectivity index (χ0v) is 19.7. The summed E-state index contributed by atoms with van der Waals surface area (Å²) in [6, 6.07) is 1.98. The Morgan fingerprint density at radius 3 is 2.62 bits per heavy atom. The summed E-state index contributed by atoms with van der Waals surface area (Å²) in [4.78, 5) is 20.8. The molecule has 3 aromatic rings. The van der Waals surface area contributed by atoms with E-state index in [1.54, 1.807) is 23.7 Å². The highest BCUT2D eigenvalue weighted by Gasteiger charge is 2.21. The smallest absolute Gasteiger partial charge is 0.219 e. The Hall–Kier alpha value is -2.41. The third kappa shape index (κ3) is 5.49. The van der Waals surface area contributed by atoms with Crippen molar-refractivity contribution in [2.45, 2.75) is 20.4 Å². The van der Waals surface area contributed by atoms with E-state index in [-0.39, 0.29) is 23.5 Å². The van der Waals surface area contributed by atoms with Gasteiger partial charge in [0.15, 0.2) is 21.5 Å². The Labute approximate surface area is 191 Å². The maximum absolute atomic E-state index is 12.2. The van der Waals surface area contributed by atoms with E-state index in [0.717, 1.165) is 34.0 Å². The molecule has 1 aliphatic heterocycles. The van der Waals surface area contributed by atoms with Crippen molar-refractivity contribution in [1.29, 1.82) is 0 Å². The lowest BCUT2D eigenvalue weighted by Crippen LogP contribution is -2.36. The Balaban J connectivity index is 1.63. The summed E-state index contributed by atoms with van der Waals surface area (Å²) in [6.45, 7) is 7.00. The number of hydrogen-bond donors (Lipinski definition) is 2. The number of nitrogens with one attached hydrogen (secondary N) is 1. The Kier molecular flexibility index (Phi) is 6.84. The van der Waals surface area contributed by atoms with Crippen LogP contribution < -0.4 is 16.0 Å². The standard InChI is InChI=1S/C20H27N7O3S2/c1-13(2)11-32(28,29)12-22-10-15-7-16-17(31-15)19(27-3-5-30-6-4-27)26-18(25-16)14-8-23-20(21)24-9-14/h7-9,13,22H,3-6,10-12H2,1-2H3,(H2,21,23,24). The number of ether oxygens (including phenoxy) is 1. The van der Waals surface area contributed by atoms with E-state index in [0.29, 0.717) is 31.1 Å². The van der Waals surface area contributed by atoms with Gasteiger partial charge in [0.1, 0.15) is 0 Å². The molecule has 0 saturated carbocycles. The Bertz CT molecular complexity index is 1170. The molecule has 0 spiro atoms. The minimum Gasteiger partial charge on any atom is -0.378 e. The topological polar surface area (TPSA) is 136 Å². The van der Waals surface area contributed by atoms with Gasteiger partial charge in [-0.3, -0.25) is 5.32 Å². The zero-order valence-electron chi connectivity index (χ0n) is 18.1. The number of sulfone groups is 1. The molecule has 0 aromatic carbocycles. The SMILES string of the molecule is CC(C)CS(=O)(=O)CNCc1cc2nc(-c3cnc(N)nc3)nc(N3CCOCC3)c2s1. The fraction of sp³-hybridized carbons (Fsp3) is 0.500. The fourth-order valence-electron chi connectivity index (χ4n) is 3.52. The molecule has 3 aromatic heterocycles. The number of nitrogens with two attached hydrogens (primary N) is 1. The van der Waals surface area contributed by atoms with Gasteiger partial charge in [0.25, 0.3) is 0 Å². The first-order valence-electron chi connectivity index (χ1n) is 10.4. The first-order valence-corrected chi connectivity index (χ1v) is 13.1. The molecule has 0 bridgehead atoms. The molecule has 32 heavy (non-hydrogen) atoms. The van der Waals surface area contributed by atoms with Crippen molar-refractivity contribution in [3.8, 4) is 11.4 Å². The van der Waals surface area contributed by atoms with Crippen LogP contribution >= 0.6 is 11.3 Å². The molecule has 0 amide bonds. The van der Waals surface area contributed by atoms with Crippen LogP contribution in [0.4, 0.5) is 11.8 Å². The monoisotopic (exact) mass is 477 g/mol. The minimum atomic E-state index is -3.13. The van der Waals surface area contributed by atoms with Crippen LogP contribution in [0.25, 0.3) is 21.6 Å². The summed E-state index contributed by atoms with van der Waals surface area (Å²) >= 11 is 1.57. The maximum atomic E-state index is 12.2. The van der Waals surface area contributed by atoms with E-state index >= 15 is 0 Å². The van der Waals surface area contributed by atoms with Gasteiger partial charge in [0.05, 0.1) is 40.6 Å². The van der Waals surface area contributed by atoms with Crippen LogP contribution in [0.1, 0.15) is 18.7 Å². The van der Waals surface area contributed by atoms with E-state index in [2.05, 4.69) is 20.2 Å². The van der Waals surface area contributed by atoms with Crippen molar-refractivity contribution in [2.24, 2.45) is 5.92 Å². The Morgan fingerprint density at radius 2 is 1.94 bits per heavy atom. The lowest BCUT2D eigenvalue weighted by atomic mass is 10.3. The van der Waals surface area contributed by atoms with Gasteiger partial charge in [-0.15, -0.1) is 11.3 Å². The molecule has 12 heteroatoms. The predicted molar refractivity (Wildman–Crippen MR) is 126 cm³/mol. The van der Waals surface area contributed by atoms with Gasteiger partial charge in [0.2, 0.25) is 5.95 Å². The highest BCUT2D eigenvalue weighted by atomic mass is 32.2. The molecule has 4 heterocycles. The number of aromatic nitrogens is 4. The molecule has 10 nitrogen and oxygen atoms in total. The number of nitrogens with zero attached hydrogens (tertiary/aromatic N) is 5. The lowest BCUT2D eigenvalue weighted by molar-refractivity contribution is 0.122. The summed E-state index contributed by atoms with van der Waals surface area (Å²) in [5, 5.41) is 3.07. The molecular formula is C20H27N7O3S2. The summed E-state index contributed by atoms with van der Waals surface area (Å²) in [5.74, 6) is 1.79. The van der Waals surface area contributed by atoms with Gasteiger partial charge in [-0.05, 0) is 12.0 Å². The average molecular weight is 478 g/mol. The van der Waals surface area contributed by atoms with Gasteiger partial charge in [-0.2, -0.15) is 0 Å². The van der Waals surface area contributed by atoms with Gasteiger partial charge < -0.3 is 15.4 Å². The van der Waals surface area contributed by atoms with Crippen LogP contribution in [-0.2, 0) is 21.1 Å². The largest absolute Gasteiger partial charge is 0.378 e. The number of hydrogen-bond acceptors (Lipinski definition) is 11. The van der Waals surface area contributed by atoms with Crippen molar-refractivity contribution in [3.05, 3.63) is 23.3 Å². The van der Waals surface area contributed by atoms with Crippen molar-refractivity contribution in [3.63, 3.8) is 0 Å². The highest BCUT2D eigenvalue weighted by Crippen LogP contribution is 2.34. The number of nitrogen functional groups attached to an aromatic ring is 1. The van der Waals surface area contributed by atoms with Gasteiger partial charge in [0, 0.05) is 36.9 Å². The van der Waals surface area contributed by atoms with Crippen molar-refractivity contribution < 1.29 is 13.2 Å². The molecule has 1 aliphatic rings. The molecule has 4 rings (SSSR count). The quantitative estimate of drug-likeness (QED) is 0.493. The number of morpholine rings is 1. The number of rotatable bonds is 8. The molecule has 0 unspecified atom stereocenters. The van der Waals surface area contributed by atoms with Crippen LogP contribution in [0, 0.1) is 5.92 Å². The number of thiophene rings is 1. The van der Waals surface area contributed by atoms with E-state index in [9.17, 15) is 8.42 Å². The van der Waals surface area contributed by atoms with Gasteiger partial charge in [-0.25, -0.2) is 28.4 Å². The van der Waals surface area contributed by atoms with Crippen LogP contribution in [0.2, 0.25) is 0 Å². The van der Waals surface area contributed by atoms with E-state index in [1.807, 2.05) is 19.9 Å². The second-order valence-electron chi connectivity index (χ2n) is 8.10. The van der Waals surface area contributed by atoms with Crippen LogP contribution in [0.3, 0.4) is 0 Å². The third-order valence-corrected chi connectivity index (χ3v) is 7.79. The maximum Gasteiger partial charge on any atom is 0.219 e. The third-order valence-electron chi connectivity index (χ3n) is 4.85. The Morgan fingerprint density at radius 1 is 1.22 bits per heavy atom. The second-order valence-corrected chi connectivity index (χ2v) is 11.3. The van der Waals surface area contributed by atoms with Crippen LogP contribution in [0.15, 0.2) is 18.5 Å². The zero-order chi connectivity index (χ0) is 22.7. The molecule has 0 aliphatic carbocycles. The second kappa shape index (κ2) is 9.61. The summed E-state index contributed by atoms with van der Waals surface area (Å²) < 4.78 is 30.8. The summed E-state index contributed by atoms with van der Waals surface area (Å²) in [7, 11) is -3.13. The average Bonchev–Trinajstić information content (AvgIpc) is 3.16. The molecule has 1 fully saturated rings. The summed E-state index contributed by atoms with van der Waals surface area (Å²) in [6.07, 6.45) is 3.22. The molecular weight excluding hydrogens is 450 g/mol. The number of fused-ring (bicyclic) bond motifs is 1. The van der Waals surface area contributed by atoms with E-state index < -0.39 is 9.84 Å². The normalized spacial score (nSPS) is 15.0. The van der Waals surface area contributed by atoms with Crippen LogP contribution in [-0.4, -0.2) is 66.3 Å². The molecule has 172 valence electrons. The van der Waals surface area contributed by atoms with Crippen LogP contribution in [0.5, 0.6) is 0 Å². The van der Waals surface area contributed by atoms with Gasteiger partial charge >= 0.3 is 0 Å². The fourth-order valence-corrected chi connectivity index (χ4v) is 6.15. The molecule has 0 atom stereocenters. The number of anilines is 2. The van der Waals surface area contributed by atoms with Gasteiger partial charge in [-0.1, -0.05) is 13.8 Å². The molecule has 0 radical (unpaired) electrons. The predicted octanol–water partition coefficient (Wildman–Crippen LogP) is 1.68. The first kappa shape index (κ1) is 22.8. The molecule has 1 saturated heterocycles. The lowest BCUT2D eigenvalue weighted by Gasteiger charge is -2.28. The van der Waals surface area contributed by atoms with Crippen molar-refractivity contribution in [1.82, 2.24) is 25.3 Å².